The van der Waals surface area contributed by atoms with Gasteiger partial charge in [-0.15, -0.1) is 0 Å². The molecular weight excluding hydrogens is 220 g/mol. The molecule has 0 aliphatic carbocycles. The van der Waals surface area contributed by atoms with E-state index in [1.807, 2.05) is 26.0 Å². The van der Waals surface area contributed by atoms with Crippen molar-refractivity contribution in [2.45, 2.75) is 34.6 Å². The lowest BCUT2D eigenvalue weighted by Gasteiger charge is -2.26. The van der Waals surface area contributed by atoms with Crippen LogP contribution in [0, 0.1) is 5.41 Å². The first-order valence-electron chi connectivity index (χ1n) is 6.20. The summed E-state index contributed by atoms with van der Waals surface area (Å²) < 4.78 is 5.58. The molecule has 0 aliphatic rings. The predicted molar refractivity (Wildman–Crippen MR) is 81.4 cm³/mol. The molecule has 0 aromatic carbocycles. The first-order valence-corrected chi connectivity index (χ1v) is 6.20. The van der Waals surface area contributed by atoms with Gasteiger partial charge in [0.2, 0.25) is 0 Å². The van der Waals surface area contributed by atoms with Crippen LogP contribution >= 0.6 is 0 Å². The molecule has 0 aromatic heterocycles. The van der Waals surface area contributed by atoms with Crippen LogP contribution in [0.2, 0.25) is 0 Å². The third-order valence-corrected chi connectivity index (χ3v) is 2.80. The van der Waals surface area contributed by atoms with Gasteiger partial charge in [0.05, 0.1) is 7.11 Å². The minimum Gasteiger partial charge on any atom is -0.496 e. The van der Waals surface area contributed by atoms with Crippen molar-refractivity contribution in [3.05, 3.63) is 59.9 Å². The van der Waals surface area contributed by atoms with Crippen molar-refractivity contribution in [2.24, 2.45) is 5.41 Å². The molecule has 0 saturated heterocycles. The Kier molecular flexibility index (Phi) is 6.46. The van der Waals surface area contributed by atoms with Gasteiger partial charge in [-0.2, -0.15) is 0 Å². The quantitative estimate of drug-likeness (QED) is 0.478. The summed E-state index contributed by atoms with van der Waals surface area (Å²) in [6.45, 7) is 18.3. The SMILES string of the molecule is C=CC=CC(=C)C(C)=C(OC)C(=CC)C(C)(C)C. The van der Waals surface area contributed by atoms with Crippen molar-refractivity contribution >= 4 is 0 Å². The molecule has 0 N–H and O–H groups in total. The van der Waals surface area contributed by atoms with E-state index in [0.717, 1.165) is 16.9 Å². The van der Waals surface area contributed by atoms with Gasteiger partial charge in [-0.05, 0) is 36.0 Å². The molecule has 100 valence electrons. The number of ether oxygens (including phenoxy) is 1. The van der Waals surface area contributed by atoms with E-state index in [9.17, 15) is 0 Å². The summed E-state index contributed by atoms with van der Waals surface area (Å²) in [5.41, 5.74) is 3.23. The van der Waals surface area contributed by atoms with Gasteiger partial charge in [-0.1, -0.05) is 58.2 Å². The third kappa shape index (κ3) is 4.40. The van der Waals surface area contributed by atoms with Gasteiger partial charge in [-0.25, -0.2) is 0 Å². The molecule has 0 spiro atoms. The maximum absolute atomic E-state index is 5.58. The summed E-state index contributed by atoms with van der Waals surface area (Å²) in [6, 6.07) is 0. The monoisotopic (exact) mass is 246 g/mol. The standard InChI is InChI=1S/C17H26O/c1-9-11-12-13(3)14(4)16(18-8)15(10-2)17(5,6)7/h9-12H,1,3H2,2,4-8H3. The predicted octanol–water partition coefficient (Wildman–Crippen LogP) is 5.20. The number of rotatable bonds is 5. The Morgan fingerprint density at radius 2 is 1.78 bits per heavy atom. The maximum Gasteiger partial charge on any atom is 0.125 e. The Hall–Kier alpha value is -1.50. The zero-order chi connectivity index (χ0) is 14.3. The minimum atomic E-state index is 0.0454. The van der Waals surface area contributed by atoms with Gasteiger partial charge in [0, 0.05) is 0 Å². The van der Waals surface area contributed by atoms with Crippen LogP contribution in [-0.2, 0) is 4.74 Å². The molecule has 0 aromatic rings. The minimum absolute atomic E-state index is 0.0454. The summed E-state index contributed by atoms with van der Waals surface area (Å²) in [5, 5.41) is 0. The molecule has 0 bridgehead atoms. The van der Waals surface area contributed by atoms with E-state index in [0.29, 0.717) is 0 Å². The number of hydrogen-bond acceptors (Lipinski definition) is 1. The lowest BCUT2D eigenvalue weighted by molar-refractivity contribution is 0.278. The van der Waals surface area contributed by atoms with E-state index in [1.165, 1.54) is 5.57 Å². The highest BCUT2D eigenvalue weighted by Crippen LogP contribution is 2.34. The van der Waals surface area contributed by atoms with E-state index >= 15 is 0 Å². The van der Waals surface area contributed by atoms with Crippen molar-refractivity contribution in [2.75, 3.05) is 7.11 Å². The fourth-order valence-electron chi connectivity index (χ4n) is 1.82. The van der Waals surface area contributed by atoms with Crippen LogP contribution in [0.15, 0.2) is 59.9 Å². The van der Waals surface area contributed by atoms with Crippen LogP contribution < -0.4 is 0 Å². The van der Waals surface area contributed by atoms with Gasteiger partial charge in [0.25, 0.3) is 0 Å². The number of hydrogen-bond donors (Lipinski definition) is 0. The molecule has 0 rings (SSSR count). The third-order valence-electron chi connectivity index (χ3n) is 2.80. The fraction of sp³-hybridized carbons (Fsp3) is 0.412. The summed E-state index contributed by atoms with van der Waals surface area (Å²) in [7, 11) is 1.71. The average molecular weight is 246 g/mol. The summed E-state index contributed by atoms with van der Waals surface area (Å²) in [5.74, 6) is 0.906. The molecule has 1 heteroatoms. The molecule has 0 heterocycles. The van der Waals surface area contributed by atoms with Crippen LogP contribution in [0.3, 0.4) is 0 Å². The van der Waals surface area contributed by atoms with Crippen LogP contribution in [0.4, 0.5) is 0 Å². The lowest BCUT2D eigenvalue weighted by atomic mass is 9.83. The van der Waals surface area contributed by atoms with Crippen LogP contribution in [-0.4, -0.2) is 7.11 Å². The molecule has 0 unspecified atom stereocenters. The zero-order valence-electron chi connectivity index (χ0n) is 12.6. The van der Waals surface area contributed by atoms with E-state index < -0.39 is 0 Å². The number of methoxy groups -OCH3 is 1. The van der Waals surface area contributed by atoms with Gasteiger partial charge in [0.1, 0.15) is 5.76 Å². The van der Waals surface area contributed by atoms with Crippen LogP contribution in [0.25, 0.3) is 0 Å². The first-order chi connectivity index (χ1) is 8.29. The largest absolute Gasteiger partial charge is 0.496 e. The average Bonchev–Trinajstić information content (AvgIpc) is 2.30. The summed E-state index contributed by atoms with van der Waals surface area (Å²) >= 11 is 0. The van der Waals surface area contributed by atoms with Gasteiger partial charge >= 0.3 is 0 Å². The molecule has 0 aliphatic heterocycles. The van der Waals surface area contributed by atoms with Gasteiger partial charge in [0.15, 0.2) is 0 Å². The smallest absolute Gasteiger partial charge is 0.125 e. The Labute approximate surface area is 112 Å². The Balaban J connectivity index is 5.60. The van der Waals surface area contributed by atoms with E-state index in [-0.39, 0.29) is 5.41 Å². The highest BCUT2D eigenvalue weighted by molar-refractivity contribution is 5.46. The molecule has 0 fully saturated rings. The zero-order valence-corrected chi connectivity index (χ0v) is 12.6. The van der Waals surface area contributed by atoms with Crippen molar-refractivity contribution in [3.63, 3.8) is 0 Å². The maximum atomic E-state index is 5.58. The second-order valence-electron chi connectivity index (χ2n) is 5.23. The summed E-state index contributed by atoms with van der Waals surface area (Å²) in [6.07, 6.45) is 7.67. The van der Waals surface area contributed by atoms with E-state index in [1.54, 1.807) is 13.2 Å². The molecule has 0 amide bonds. The fourth-order valence-corrected chi connectivity index (χ4v) is 1.82. The summed E-state index contributed by atoms with van der Waals surface area (Å²) in [4.78, 5) is 0. The van der Waals surface area contributed by atoms with Crippen molar-refractivity contribution in [3.8, 4) is 0 Å². The lowest BCUT2D eigenvalue weighted by Crippen LogP contribution is -2.14. The van der Waals surface area contributed by atoms with Crippen molar-refractivity contribution < 1.29 is 4.74 Å². The molecular formula is C17H26O. The normalized spacial score (nSPS) is 14.4. The van der Waals surface area contributed by atoms with Crippen molar-refractivity contribution in [1.82, 2.24) is 0 Å². The Morgan fingerprint density at radius 3 is 2.11 bits per heavy atom. The number of allylic oxidation sites excluding steroid dienone is 7. The van der Waals surface area contributed by atoms with E-state index in [2.05, 4.69) is 40.0 Å². The molecule has 0 saturated carbocycles. The van der Waals surface area contributed by atoms with Gasteiger partial charge in [-0.3, -0.25) is 0 Å². The van der Waals surface area contributed by atoms with Crippen LogP contribution in [0.1, 0.15) is 34.6 Å². The Morgan fingerprint density at radius 1 is 1.22 bits per heavy atom. The second-order valence-corrected chi connectivity index (χ2v) is 5.23. The second kappa shape index (κ2) is 7.05. The van der Waals surface area contributed by atoms with Crippen LogP contribution in [0.5, 0.6) is 0 Å². The first kappa shape index (κ1) is 16.5. The van der Waals surface area contributed by atoms with Gasteiger partial charge < -0.3 is 4.74 Å². The molecule has 1 nitrogen and oxygen atoms in total. The molecule has 18 heavy (non-hydrogen) atoms. The molecule has 0 atom stereocenters. The topological polar surface area (TPSA) is 9.23 Å². The highest BCUT2D eigenvalue weighted by Gasteiger charge is 2.22. The molecule has 0 radical (unpaired) electrons. The highest BCUT2D eigenvalue weighted by atomic mass is 16.5. The Bertz CT molecular complexity index is 398. The van der Waals surface area contributed by atoms with Crippen molar-refractivity contribution in [1.29, 1.82) is 0 Å². The van der Waals surface area contributed by atoms with E-state index in [4.69, 9.17) is 4.74 Å².